The number of hydrogen-bond donors (Lipinski definition) is 1. The Morgan fingerprint density at radius 1 is 1.11 bits per heavy atom. The van der Waals surface area contributed by atoms with Crippen molar-refractivity contribution in [2.45, 2.75) is 20.0 Å². The lowest BCUT2D eigenvalue weighted by Crippen LogP contribution is -2.06. The number of halogens is 2. The van der Waals surface area contributed by atoms with Gasteiger partial charge in [-0.25, -0.2) is 4.39 Å². The van der Waals surface area contributed by atoms with Gasteiger partial charge in [-0.1, -0.05) is 18.2 Å². The Morgan fingerprint density at radius 2 is 1.67 bits per heavy atom. The molecule has 0 saturated heterocycles. The van der Waals surface area contributed by atoms with Gasteiger partial charge >= 0.3 is 0 Å². The summed E-state index contributed by atoms with van der Waals surface area (Å²) in [6.07, 6.45) is -0.710. The van der Waals surface area contributed by atoms with Crippen LogP contribution in [0.4, 0.5) is 4.39 Å². The molecule has 0 aromatic heterocycles. The molecule has 0 saturated carbocycles. The van der Waals surface area contributed by atoms with Crippen molar-refractivity contribution in [3.8, 4) is 0 Å². The summed E-state index contributed by atoms with van der Waals surface area (Å²) in [6.45, 7) is 3.65. The molecule has 3 heteroatoms. The van der Waals surface area contributed by atoms with Crippen LogP contribution < -0.4 is 0 Å². The zero-order valence-corrected chi connectivity index (χ0v) is 12.4. The molecule has 0 bridgehead atoms. The molecule has 1 nitrogen and oxygen atoms in total. The first kappa shape index (κ1) is 13.5. The molecule has 0 amide bonds. The molecular formula is C15H14FIO. The molecule has 0 radical (unpaired) electrons. The van der Waals surface area contributed by atoms with Gasteiger partial charge in [-0.05, 0) is 76.9 Å². The van der Waals surface area contributed by atoms with E-state index >= 15 is 0 Å². The van der Waals surface area contributed by atoms with E-state index < -0.39 is 6.10 Å². The van der Waals surface area contributed by atoms with Crippen molar-refractivity contribution in [3.63, 3.8) is 0 Å². The minimum Gasteiger partial charge on any atom is -0.384 e. The van der Waals surface area contributed by atoms with Gasteiger partial charge in [0, 0.05) is 3.57 Å². The monoisotopic (exact) mass is 356 g/mol. The zero-order chi connectivity index (χ0) is 13.3. The molecule has 0 aliphatic carbocycles. The highest BCUT2D eigenvalue weighted by Gasteiger charge is 2.18. The van der Waals surface area contributed by atoms with E-state index in [0.717, 1.165) is 25.8 Å². The van der Waals surface area contributed by atoms with Crippen LogP contribution in [0.5, 0.6) is 0 Å². The summed E-state index contributed by atoms with van der Waals surface area (Å²) in [4.78, 5) is 0. The molecular weight excluding hydrogens is 342 g/mol. The van der Waals surface area contributed by atoms with E-state index in [1.54, 1.807) is 0 Å². The maximum absolute atomic E-state index is 13.3. The fourth-order valence-corrected chi connectivity index (χ4v) is 2.89. The fourth-order valence-electron chi connectivity index (χ4n) is 2.21. The number of hydrogen-bond acceptors (Lipinski definition) is 1. The van der Waals surface area contributed by atoms with Crippen molar-refractivity contribution in [1.82, 2.24) is 0 Å². The van der Waals surface area contributed by atoms with Crippen molar-refractivity contribution in [2.24, 2.45) is 0 Å². The van der Waals surface area contributed by atoms with E-state index in [1.165, 1.54) is 12.1 Å². The Kier molecular flexibility index (Phi) is 4.02. The molecule has 1 unspecified atom stereocenters. The van der Waals surface area contributed by atoms with E-state index in [2.05, 4.69) is 22.6 Å². The molecule has 0 spiro atoms. The lowest BCUT2D eigenvalue weighted by Gasteiger charge is -2.18. The van der Waals surface area contributed by atoms with Crippen LogP contribution in [-0.4, -0.2) is 5.11 Å². The molecule has 0 fully saturated rings. The second-order valence-corrected chi connectivity index (χ2v) is 5.54. The summed E-state index contributed by atoms with van der Waals surface area (Å²) in [7, 11) is 0. The highest BCUT2D eigenvalue weighted by molar-refractivity contribution is 14.1. The Bertz CT molecular complexity index is 557. The van der Waals surface area contributed by atoms with Gasteiger partial charge in [-0.2, -0.15) is 0 Å². The largest absolute Gasteiger partial charge is 0.384 e. The zero-order valence-electron chi connectivity index (χ0n) is 10.2. The average molecular weight is 356 g/mol. The summed E-state index contributed by atoms with van der Waals surface area (Å²) in [6, 6.07) is 10.6. The predicted octanol–water partition coefficient (Wildman–Crippen LogP) is 4.13. The van der Waals surface area contributed by atoms with Gasteiger partial charge in [0.1, 0.15) is 11.9 Å². The Hall–Kier alpha value is -0.940. The van der Waals surface area contributed by atoms with Crippen LogP contribution in [0.2, 0.25) is 0 Å². The van der Waals surface area contributed by atoms with Gasteiger partial charge in [0.25, 0.3) is 0 Å². The molecule has 1 atom stereocenters. The fraction of sp³-hybridized carbons (Fsp3) is 0.200. The van der Waals surface area contributed by atoms with E-state index in [0.29, 0.717) is 0 Å². The molecule has 0 aliphatic heterocycles. The van der Waals surface area contributed by atoms with Crippen LogP contribution >= 0.6 is 22.6 Å². The maximum atomic E-state index is 13.3. The summed E-state index contributed by atoms with van der Waals surface area (Å²) >= 11 is 2.20. The van der Waals surface area contributed by atoms with Crippen LogP contribution in [0.25, 0.3) is 0 Å². The summed E-state index contributed by atoms with van der Waals surface area (Å²) < 4.78 is 14.3. The molecule has 0 heterocycles. The highest BCUT2D eigenvalue weighted by Crippen LogP contribution is 2.30. The van der Waals surface area contributed by atoms with Crippen LogP contribution in [-0.2, 0) is 0 Å². The Morgan fingerprint density at radius 3 is 2.22 bits per heavy atom. The molecule has 1 N–H and O–H groups in total. The lowest BCUT2D eigenvalue weighted by atomic mass is 9.93. The van der Waals surface area contributed by atoms with Gasteiger partial charge in [0.2, 0.25) is 0 Å². The molecule has 0 aliphatic rings. The van der Waals surface area contributed by atoms with Gasteiger partial charge in [-0.15, -0.1) is 0 Å². The minimum absolute atomic E-state index is 0.260. The van der Waals surface area contributed by atoms with Crippen LogP contribution in [0, 0.1) is 23.2 Å². The third kappa shape index (κ3) is 2.57. The smallest absolute Gasteiger partial charge is 0.123 e. The van der Waals surface area contributed by atoms with Gasteiger partial charge < -0.3 is 5.11 Å². The number of rotatable bonds is 2. The molecule has 18 heavy (non-hydrogen) atoms. The summed E-state index contributed by atoms with van der Waals surface area (Å²) in [5, 5.41) is 10.5. The van der Waals surface area contributed by atoms with E-state index in [-0.39, 0.29) is 5.82 Å². The molecule has 2 rings (SSSR count). The predicted molar refractivity (Wildman–Crippen MR) is 79.1 cm³/mol. The first-order valence-electron chi connectivity index (χ1n) is 5.70. The van der Waals surface area contributed by atoms with Crippen molar-refractivity contribution < 1.29 is 9.50 Å². The second kappa shape index (κ2) is 5.36. The van der Waals surface area contributed by atoms with E-state index in [1.807, 2.05) is 38.1 Å². The normalized spacial score (nSPS) is 12.5. The average Bonchev–Trinajstić information content (AvgIpc) is 2.27. The molecule has 2 aromatic rings. The van der Waals surface area contributed by atoms with Gasteiger partial charge in [0.15, 0.2) is 0 Å². The number of aliphatic hydroxyl groups excluding tert-OH is 1. The Balaban J connectivity index is 2.53. The SMILES string of the molecule is Cc1cc(F)cc(C)c1C(O)c1ccccc1I. The standard InChI is InChI=1S/C15H14FIO/c1-9-7-11(16)8-10(2)14(9)15(18)12-5-3-4-6-13(12)17/h3-8,15,18H,1-2H3. The third-order valence-electron chi connectivity index (χ3n) is 3.03. The second-order valence-electron chi connectivity index (χ2n) is 4.38. The van der Waals surface area contributed by atoms with E-state index in [4.69, 9.17) is 0 Å². The summed E-state index contributed by atoms with van der Waals surface area (Å²) in [5.74, 6) is -0.260. The van der Waals surface area contributed by atoms with E-state index in [9.17, 15) is 9.50 Å². The summed E-state index contributed by atoms with van der Waals surface area (Å²) in [5.41, 5.74) is 3.20. The maximum Gasteiger partial charge on any atom is 0.123 e. The van der Waals surface area contributed by atoms with Crippen molar-refractivity contribution >= 4 is 22.6 Å². The lowest BCUT2D eigenvalue weighted by molar-refractivity contribution is 0.217. The van der Waals surface area contributed by atoms with Crippen LogP contribution in [0.1, 0.15) is 28.4 Å². The number of aryl methyl sites for hydroxylation is 2. The number of aliphatic hydroxyl groups is 1. The molecule has 94 valence electrons. The highest BCUT2D eigenvalue weighted by atomic mass is 127. The Labute approximate surface area is 120 Å². The third-order valence-corrected chi connectivity index (χ3v) is 4.01. The van der Waals surface area contributed by atoms with Crippen LogP contribution in [0.15, 0.2) is 36.4 Å². The van der Waals surface area contributed by atoms with Gasteiger partial charge in [-0.3, -0.25) is 0 Å². The van der Waals surface area contributed by atoms with Gasteiger partial charge in [0.05, 0.1) is 0 Å². The minimum atomic E-state index is -0.710. The first-order valence-corrected chi connectivity index (χ1v) is 6.77. The number of benzene rings is 2. The van der Waals surface area contributed by atoms with Crippen molar-refractivity contribution in [3.05, 3.63) is 68.0 Å². The quantitative estimate of drug-likeness (QED) is 0.803. The van der Waals surface area contributed by atoms with Crippen molar-refractivity contribution in [2.75, 3.05) is 0 Å². The first-order chi connectivity index (χ1) is 8.50. The van der Waals surface area contributed by atoms with Crippen LogP contribution in [0.3, 0.4) is 0 Å². The molecule has 2 aromatic carbocycles. The van der Waals surface area contributed by atoms with Crippen molar-refractivity contribution in [1.29, 1.82) is 0 Å². The topological polar surface area (TPSA) is 20.2 Å².